The number of hydrogen-bond donors (Lipinski definition) is 0. The van der Waals surface area contributed by atoms with Gasteiger partial charge in [0, 0.05) is 43.9 Å². The number of aromatic nitrogens is 3. The highest BCUT2D eigenvalue weighted by Crippen LogP contribution is 2.31. The predicted octanol–water partition coefficient (Wildman–Crippen LogP) is 3.96. The monoisotopic (exact) mass is 469 g/mol. The molecule has 7 nitrogen and oxygen atoms in total. The van der Waals surface area contributed by atoms with E-state index in [2.05, 4.69) is 10.00 Å². The Balaban J connectivity index is 0.00000256. The third-order valence-electron chi connectivity index (χ3n) is 5.01. The maximum absolute atomic E-state index is 13.4. The Hall–Kier alpha value is -1.71. The number of benzene rings is 1. The molecule has 0 aliphatic carbocycles. The summed E-state index contributed by atoms with van der Waals surface area (Å²) < 4.78 is 8.12. The number of nitrogens with zero attached hydrogens (tertiary/aromatic N) is 5. The molecule has 0 spiro atoms. The minimum atomic E-state index is -0.0727. The second kappa shape index (κ2) is 10.5. The lowest BCUT2D eigenvalue weighted by Crippen LogP contribution is -2.39. The quantitative estimate of drug-likeness (QED) is 0.523. The minimum Gasteiger partial charge on any atom is -0.379 e. The van der Waals surface area contributed by atoms with Gasteiger partial charge in [-0.3, -0.25) is 19.3 Å². The van der Waals surface area contributed by atoms with E-state index in [-0.39, 0.29) is 18.3 Å². The van der Waals surface area contributed by atoms with Crippen LogP contribution in [0.3, 0.4) is 0 Å². The van der Waals surface area contributed by atoms with Gasteiger partial charge in [-0.1, -0.05) is 22.9 Å². The average Bonchev–Trinajstić information content (AvgIpc) is 3.37. The number of amides is 1. The van der Waals surface area contributed by atoms with Crippen LogP contribution >= 0.6 is 35.3 Å². The van der Waals surface area contributed by atoms with Gasteiger partial charge in [0.1, 0.15) is 5.69 Å². The third kappa shape index (κ3) is 5.12. The molecule has 1 aromatic carbocycles. The van der Waals surface area contributed by atoms with Crippen molar-refractivity contribution >= 4 is 56.6 Å². The lowest BCUT2D eigenvalue weighted by Gasteiger charge is -2.27. The summed E-state index contributed by atoms with van der Waals surface area (Å²) in [6, 6.07) is 7.38. The Kier molecular flexibility index (Phi) is 8.07. The third-order valence-corrected chi connectivity index (χ3v) is 6.29. The fourth-order valence-electron chi connectivity index (χ4n) is 3.47. The van der Waals surface area contributed by atoms with E-state index in [0.717, 1.165) is 49.5 Å². The molecule has 0 radical (unpaired) electrons. The topological polar surface area (TPSA) is 63.5 Å². The van der Waals surface area contributed by atoms with Crippen LogP contribution in [0.5, 0.6) is 0 Å². The molecule has 0 unspecified atom stereocenters. The van der Waals surface area contributed by atoms with Crippen molar-refractivity contribution in [2.24, 2.45) is 0 Å². The lowest BCUT2D eigenvalue weighted by atomic mass is 10.3. The van der Waals surface area contributed by atoms with Crippen LogP contribution in [0.15, 0.2) is 30.5 Å². The normalized spacial score (nSPS) is 14.6. The molecule has 162 valence electrons. The van der Waals surface area contributed by atoms with Crippen LogP contribution in [0, 0.1) is 0 Å². The highest BCUT2D eigenvalue weighted by Gasteiger charge is 2.24. The fourth-order valence-corrected chi connectivity index (χ4v) is 4.73. The van der Waals surface area contributed by atoms with Crippen LogP contribution in [0.4, 0.5) is 5.13 Å². The van der Waals surface area contributed by atoms with Gasteiger partial charge < -0.3 is 4.74 Å². The molecule has 10 heteroatoms. The molecule has 0 bridgehead atoms. The summed E-state index contributed by atoms with van der Waals surface area (Å²) in [7, 11) is 0. The zero-order valence-corrected chi connectivity index (χ0v) is 19.2. The van der Waals surface area contributed by atoms with Gasteiger partial charge in [0.25, 0.3) is 5.91 Å². The van der Waals surface area contributed by atoms with Crippen LogP contribution in [0.25, 0.3) is 10.2 Å². The first-order valence-electron chi connectivity index (χ1n) is 9.85. The Morgan fingerprint density at radius 2 is 2.10 bits per heavy atom. The number of thiazole rings is 1. The second-order valence-corrected chi connectivity index (χ2v) is 8.35. The number of carbonyl (C=O) groups is 1. The Morgan fingerprint density at radius 1 is 1.30 bits per heavy atom. The first kappa shape index (κ1) is 23.0. The van der Waals surface area contributed by atoms with Gasteiger partial charge in [-0.05, 0) is 37.6 Å². The second-order valence-electron chi connectivity index (χ2n) is 6.91. The zero-order chi connectivity index (χ0) is 20.2. The molecular weight excluding hydrogens is 445 g/mol. The first-order chi connectivity index (χ1) is 14.2. The molecule has 30 heavy (non-hydrogen) atoms. The number of fused-ring (bicyclic) bond motifs is 1. The van der Waals surface area contributed by atoms with E-state index < -0.39 is 0 Å². The molecular formula is C20H25Cl2N5O2S. The number of aryl methyl sites for hydroxylation is 1. The standard InChI is InChI=1S/C20H24ClN5O2S.ClH/c1-2-26-17(6-7-22-26)19(27)25(9-3-8-24-10-12-28-13-11-24)20-23-16-5-4-15(21)14-18(16)29-20;/h4-7,14H,2-3,8-13H2,1H3;1H. The molecule has 1 amide bonds. The van der Waals surface area contributed by atoms with Crippen molar-refractivity contribution in [3.05, 3.63) is 41.2 Å². The number of halogens is 2. The number of anilines is 1. The van der Waals surface area contributed by atoms with E-state index >= 15 is 0 Å². The van der Waals surface area contributed by atoms with Crippen molar-refractivity contribution < 1.29 is 9.53 Å². The van der Waals surface area contributed by atoms with Crippen molar-refractivity contribution in [3.8, 4) is 0 Å². The zero-order valence-electron chi connectivity index (χ0n) is 16.8. The summed E-state index contributed by atoms with van der Waals surface area (Å²) in [4.78, 5) is 22.2. The van der Waals surface area contributed by atoms with Crippen molar-refractivity contribution in [1.82, 2.24) is 19.7 Å². The van der Waals surface area contributed by atoms with Crippen molar-refractivity contribution in [3.63, 3.8) is 0 Å². The number of ether oxygens (including phenoxy) is 1. The molecule has 2 aromatic heterocycles. The summed E-state index contributed by atoms with van der Waals surface area (Å²) in [5.74, 6) is -0.0727. The molecule has 1 fully saturated rings. The summed E-state index contributed by atoms with van der Waals surface area (Å²) in [6.45, 7) is 7.58. The molecule has 3 heterocycles. The Bertz CT molecular complexity index is 987. The van der Waals surface area contributed by atoms with E-state index in [0.29, 0.717) is 28.9 Å². The molecule has 0 N–H and O–H groups in total. The van der Waals surface area contributed by atoms with Crippen LogP contribution < -0.4 is 4.90 Å². The summed E-state index contributed by atoms with van der Waals surface area (Å²) >= 11 is 7.62. The molecule has 4 rings (SSSR count). The van der Waals surface area contributed by atoms with Gasteiger partial charge >= 0.3 is 0 Å². The molecule has 3 aromatic rings. The van der Waals surface area contributed by atoms with E-state index in [1.165, 1.54) is 11.3 Å². The number of hydrogen-bond acceptors (Lipinski definition) is 6. The van der Waals surface area contributed by atoms with Crippen LogP contribution in [-0.2, 0) is 11.3 Å². The maximum atomic E-state index is 13.4. The number of carbonyl (C=O) groups excluding carboxylic acids is 1. The maximum Gasteiger partial charge on any atom is 0.278 e. The van der Waals surface area contributed by atoms with Crippen LogP contribution in [0.1, 0.15) is 23.8 Å². The van der Waals surface area contributed by atoms with Gasteiger partial charge in [0.05, 0.1) is 23.4 Å². The van der Waals surface area contributed by atoms with Gasteiger partial charge in [-0.25, -0.2) is 4.98 Å². The van der Waals surface area contributed by atoms with Crippen LogP contribution in [0.2, 0.25) is 5.02 Å². The van der Waals surface area contributed by atoms with E-state index in [1.807, 2.05) is 25.1 Å². The van der Waals surface area contributed by atoms with Crippen molar-refractivity contribution in [2.45, 2.75) is 19.9 Å². The molecule has 1 saturated heterocycles. The van der Waals surface area contributed by atoms with E-state index in [1.54, 1.807) is 21.8 Å². The first-order valence-corrected chi connectivity index (χ1v) is 11.0. The Morgan fingerprint density at radius 3 is 2.87 bits per heavy atom. The van der Waals surface area contributed by atoms with Crippen molar-refractivity contribution in [1.29, 1.82) is 0 Å². The van der Waals surface area contributed by atoms with E-state index in [4.69, 9.17) is 21.3 Å². The van der Waals surface area contributed by atoms with E-state index in [9.17, 15) is 4.79 Å². The molecule has 0 atom stereocenters. The van der Waals surface area contributed by atoms with Gasteiger partial charge in [-0.2, -0.15) is 5.10 Å². The highest BCUT2D eigenvalue weighted by atomic mass is 35.5. The smallest absolute Gasteiger partial charge is 0.278 e. The fraction of sp³-hybridized carbons (Fsp3) is 0.450. The lowest BCUT2D eigenvalue weighted by molar-refractivity contribution is 0.0376. The van der Waals surface area contributed by atoms with Gasteiger partial charge in [0.15, 0.2) is 5.13 Å². The minimum absolute atomic E-state index is 0. The largest absolute Gasteiger partial charge is 0.379 e. The molecule has 1 aliphatic heterocycles. The van der Waals surface area contributed by atoms with Crippen molar-refractivity contribution in [2.75, 3.05) is 44.3 Å². The predicted molar refractivity (Wildman–Crippen MR) is 123 cm³/mol. The average molecular weight is 470 g/mol. The van der Waals surface area contributed by atoms with Gasteiger partial charge in [0.2, 0.25) is 0 Å². The number of morpholine rings is 1. The van der Waals surface area contributed by atoms with Crippen LogP contribution in [-0.4, -0.2) is 65.0 Å². The Labute approximate surface area is 191 Å². The highest BCUT2D eigenvalue weighted by molar-refractivity contribution is 7.22. The van der Waals surface area contributed by atoms with Gasteiger partial charge in [-0.15, -0.1) is 12.4 Å². The SMILES string of the molecule is CCn1nccc1C(=O)N(CCCN1CCOCC1)c1nc2ccc(Cl)cc2s1.Cl. The number of rotatable bonds is 7. The summed E-state index contributed by atoms with van der Waals surface area (Å²) in [6.07, 6.45) is 2.53. The summed E-state index contributed by atoms with van der Waals surface area (Å²) in [5, 5.41) is 5.61. The summed E-state index contributed by atoms with van der Waals surface area (Å²) in [5.41, 5.74) is 1.43. The molecule has 0 saturated carbocycles. The molecule has 1 aliphatic rings.